The summed E-state index contributed by atoms with van der Waals surface area (Å²) in [6.45, 7) is 2.79. The summed E-state index contributed by atoms with van der Waals surface area (Å²) in [7, 11) is 0. The minimum Gasteiger partial charge on any atom is -0.508 e. The third-order valence-corrected chi connectivity index (χ3v) is 3.02. The maximum Gasteiger partial charge on any atom is 0.220 e. The van der Waals surface area contributed by atoms with E-state index in [-0.39, 0.29) is 11.7 Å². The molecule has 4 heteroatoms. The van der Waals surface area contributed by atoms with Crippen LogP contribution in [0.2, 0.25) is 0 Å². The highest BCUT2D eigenvalue weighted by Gasteiger charge is 2.00. The summed E-state index contributed by atoms with van der Waals surface area (Å²) in [6, 6.07) is 7.01. The molecule has 88 valence electrons. The number of carbonyl (C=O) groups excluding carboxylic acids is 1. The minimum absolute atomic E-state index is 0.105. The lowest BCUT2D eigenvalue weighted by Gasteiger charge is -2.03. The molecule has 0 radical (unpaired) electrons. The molecule has 1 amide bonds. The number of rotatable bonds is 6. The van der Waals surface area contributed by atoms with E-state index < -0.39 is 0 Å². The van der Waals surface area contributed by atoms with Crippen LogP contribution in [0.4, 0.5) is 0 Å². The third kappa shape index (κ3) is 5.07. The maximum atomic E-state index is 11.3. The molecule has 0 saturated carbocycles. The lowest BCUT2D eigenvalue weighted by molar-refractivity contribution is -0.120. The van der Waals surface area contributed by atoms with Crippen molar-refractivity contribution < 1.29 is 9.90 Å². The van der Waals surface area contributed by atoms with Crippen molar-refractivity contribution in [3.05, 3.63) is 24.3 Å². The predicted octanol–water partition coefficient (Wildman–Crippen LogP) is 2.40. The first-order valence-corrected chi connectivity index (χ1v) is 6.39. The molecule has 0 atom stereocenters. The number of hydrogen-bond donors (Lipinski definition) is 2. The van der Waals surface area contributed by atoms with Crippen molar-refractivity contribution in [1.82, 2.24) is 5.32 Å². The van der Waals surface area contributed by atoms with Crippen LogP contribution in [0.25, 0.3) is 0 Å². The summed E-state index contributed by atoms with van der Waals surface area (Å²) in [6.07, 6.45) is 1.50. The number of phenolic OH excluding ortho intramolecular Hbond substituents is 1. The molecule has 2 N–H and O–H groups in total. The van der Waals surface area contributed by atoms with E-state index in [1.165, 1.54) is 0 Å². The number of hydrogen-bond acceptors (Lipinski definition) is 3. The zero-order chi connectivity index (χ0) is 11.8. The predicted molar refractivity (Wildman–Crippen MR) is 66.7 cm³/mol. The Labute approximate surface area is 100 Å². The Morgan fingerprint density at radius 1 is 1.38 bits per heavy atom. The molecule has 0 aliphatic carbocycles. The van der Waals surface area contributed by atoms with Gasteiger partial charge in [0.25, 0.3) is 0 Å². The van der Waals surface area contributed by atoms with Crippen LogP contribution in [0.1, 0.15) is 19.8 Å². The number of aromatic hydroxyl groups is 1. The lowest BCUT2D eigenvalue weighted by atomic mass is 10.3. The van der Waals surface area contributed by atoms with Crippen molar-refractivity contribution in [1.29, 1.82) is 0 Å². The van der Waals surface area contributed by atoms with Crippen LogP contribution in [0.5, 0.6) is 5.75 Å². The zero-order valence-electron chi connectivity index (χ0n) is 9.40. The standard InChI is InChI=1S/C12H17NO2S/c1-2-8-13-12(15)7-9-16-11-5-3-10(14)4-6-11/h3-6,14H,2,7-9H2,1H3,(H,13,15). The molecule has 0 unspecified atom stereocenters. The average Bonchev–Trinajstić information content (AvgIpc) is 2.29. The van der Waals surface area contributed by atoms with Gasteiger partial charge in [-0.2, -0.15) is 0 Å². The molecule has 16 heavy (non-hydrogen) atoms. The maximum absolute atomic E-state index is 11.3. The van der Waals surface area contributed by atoms with Gasteiger partial charge in [0.15, 0.2) is 0 Å². The highest BCUT2D eigenvalue weighted by atomic mass is 32.2. The molecule has 3 nitrogen and oxygen atoms in total. The van der Waals surface area contributed by atoms with E-state index in [9.17, 15) is 4.79 Å². The van der Waals surface area contributed by atoms with E-state index in [0.717, 1.165) is 23.6 Å². The third-order valence-electron chi connectivity index (χ3n) is 2.01. The van der Waals surface area contributed by atoms with Gasteiger partial charge in [-0.3, -0.25) is 4.79 Å². The topological polar surface area (TPSA) is 49.3 Å². The lowest BCUT2D eigenvalue weighted by Crippen LogP contribution is -2.24. The van der Waals surface area contributed by atoms with Gasteiger partial charge in [-0.15, -0.1) is 11.8 Å². The smallest absolute Gasteiger partial charge is 0.220 e. The van der Waals surface area contributed by atoms with Crippen molar-refractivity contribution in [2.24, 2.45) is 0 Å². The van der Waals surface area contributed by atoms with Gasteiger partial charge >= 0.3 is 0 Å². The van der Waals surface area contributed by atoms with Crippen LogP contribution in [0.3, 0.4) is 0 Å². The molecule has 0 heterocycles. The fourth-order valence-electron chi connectivity index (χ4n) is 1.16. The molecule has 1 rings (SSSR count). The summed E-state index contributed by atoms with van der Waals surface area (Å²) in [5.41, 5.74) is 0. The number of phenols is 1. The molecule has 1 aromatic rings. The summed E-state index contributed by atoms with van der Waals surface area (Å²) >= 11 is 1.62. The van der Waals surface area contributed by atoms with Gasteiger partial charge in [0.05, 0.1) is 0 Å². The van der Waals surface area contributed by atoms with Crippen LogP contribution in [0.15, 0.2) is 29.2 Å². The Hall–Kier alpha value is -1.16. The molecule has 1 aromatic carbocycles. The van der Waals surface area contributed by atoms with Gasteiger partial charge in [-0.25, -0.2) is 0 Å². The molecular formula is C12H17NO2S. The monoisotopic (exact) mass is 239 g/mol. The average molecular weight is 239 g/mol. The van der Waals surface area contributed by atoms with Crippen molar-refractivity contribution in [3.63, 3.8) is 0 Å². The first-order chi connectivity index (χ1) is 7.72. The van der Waals surface area contributed by atoms with E-state index in [2.05, 4.69) is 5.32 Å². The largest absolute Gasteiger partial charge is 0.508 e. The number of thioether (sulfide) groups is 1. The van der Waals surface area contributed by atoms with E-state index in [1.807, 2.05) is 19.1 Å². The van der Waals surface area contributed by atoms with Gasteiger partial charge in [0.2, 0.25) is 5.91 Å². The summed E-state index contributed by atoms with van der Waals surface area (Å²) in [5.74, 6) is 1.14. The van der Waals surface area contributed by atoms with Crippen LogP contribution in [-0.2, 0) is 4.79 Å². The van der Waals surface area contributed by atoms with E-state index in [4.69, 9.17) is 5.11 Å². The van der Waals surface area contributed by atoms with Gasteiger partial charge in [-0.05, 0) is 30.7 Å². The van der Waals surface area contributed by atoms with Gasteiger partial charge < -0.3 is 10.4 Å². The Balaban J connectivity index is 2.20. The first-order valence-electron chi connectivity index (χ1n) is 5.41. The van der Waals surface area contributed by atoms with Crippen LogP contribution < -0.4 is 5.32 Å². The van der Waals surface area contributed by atoms with Crippen molar-refractivity contribution in [2.45, 2.75) is 24.7 Å². The van der Waals surface area contributed by atoms with Gasteiger partial charge in [0, 0.05) is 23.6 Å². The SMILES string of the molecule is CCCNC(=O)CCSc1ccc(O)cc1. The second-order valence-electron chi connectivity index (χ2n) is 3.44. The quantitative estimate of drug-likeness (QED) is 0.749. The fraction of sp³-hybridized carbons (Fsp3) is 0.417. The molecule has 0 spiro atoms. The number of nitrogens with one attached hydrogen (secondary N) is 1. The Morgan fingerprint density at radius 2 is 2.06 bits per heavy atom. The molecule has 0 aliphatic heterocycles. The molecule has 0 saturated heterocycles. The number of benzene rings is 1. The van der Waals surface area contributed by atoms with Crippen LogP contribution in [-0.4, -0.2) is 23.3 Å². The van der Waals surface area contributed by atoms with Crippen molar-refractivity contribution >= 4 is 17.7 Å². The van der Waals surface area contributed by atoms with E-state index >= 15 is 0 Å². The van der Waals surface area contributed by atoms with Crippen LogP contribution >= 0.6 is 11.8 Å². The van der Waals surface area contributed by atoms with Crippen molar-refractivity contribution in [3.8, 4) is 5.75 Å². The molecule has 0 aliphatic rings. The van der Waals surface area contributed by atoms with Gasteiger partial charge in [0.1, 0.15) is 5.75 Å². The highest BCUT2D eigenvalue weighted by molar-refractivity contribution is 7.99. The number of carbonyl (C=O) groups is 1. The summed E-state index contributed by atoms with van der Waals surface area (Å²) < 4.78 is 0. The van der Waals surface area contributed by atoms with E-state index in [1.54, 1.807) is 23.9 Å². The minimum atomic E-state index is 0.105. The fourth-order valence-corrected chi connectivity index (χ4v) is 2.01. The molecule has 0 aromatic heterocycles. The summed E-state index contributed by atoms with van der Waals surface area (Å²) in [4.78, 5) is 12.4. The Kier molecular flexibility index (Phi) is 5.78. The first kappa shape index (κ1) is 12.9. The Bertz CT molecular complexity index is 324. The molecular weight excluding hydrogens is 222 g/mol. The van der Waals surface area contributed by atoms with E-state index in [0.29, 0.717) is 6.42 Å². The van der Waals surface area contributed by atoms with Crippen molar-refractivity contribution in [2.75, 3.05) is 12.3 Å². The molecule has 0 bridgehead atoms. The number of amides is 1. The second-order valence-corrected chi connectivity index (χ2v) is 4.61. The zero-order valence-corrected chi connectivity index (χ0v) is 10.2. The van der Waals surface area contributed by atoms with Crippen LogP contribution in [0, 0.1) is 0 Å². The second kappa shape index (κ2) is 7.17. The highest BCUT2D eigenvalue weighted by Crippen LogP contribution is 2.21. The Morgan fingerprint density at radius 3 is 2.69 bits per heavy atom. The summed E-state index contributed by atoms with van der Waals surface area (Å²) in [5, 5.41) is 11.9. The van der Waals surface area contributed by atoms with Gasteiger partial charge in [-0.1, -0.05) is 6.92 Å². The normalized spacial score (nSPS) is 10.1. The molecule has 0 fully saturated rings.